The predicted molar refractivity (Wildman–Crippen MR) is 129 cm³/mol. The molecule has 174 valence electrons. The van der Waals surface area contributed by atoms with Crippen molar-refractivity contribution in [2.45, 2.75) is 19.9 Å². The zero-order valence-corrected chi connectivity index (χ0v) is 20.1. The molecule has 1 atom stereocenters. The molecule has 8 nitrogen and oxygen atoms in total. The minimum absolute atomic E-state index is 0.00366. The molecule has 1 aliphatic rings. The highest BCUT2D eigenvalue weighted by atomic mass is 32.1. The van der Waals surface area contributed by atoms with Crippen LogP contribution in [0.5, 0.6) is 17.2 Å². The number of methoxy groups -OCH3 is 3. The number of carbonyl (C=O) groups is 1. The van der Waals surface area contributed by atoms with Crippen LogP contribution >= 0.6 is 11.3 Å². The molecule has 0 radical (unpaired) electrons. The van der Waals surface area contributed by atoms with Crippen molar-refractivity contribution in [2.75, 3.05) is 26.2 Å². The first-order valence-electron chi connectivity index (χ1n) is 10.5. The lowest BCUT2D eigenvalue weighted by Crippen LogP contribution is -2.29. The van der Waals surface area contributed by atoms with E-state index in [0.717, 1.165) is 10.6 Å². The molecular formula is C25H22N2O6S. The molecule has 5 rings (SSSR count). The van der Waals surface area contributed by atoms with E-state index in [0.29, 0.717) is 38.9 Å². The number of rotatable bonds is 5. The number of hydrogen-bond acceptors (Lipinski definition) is 8. The van der Waals surface area contributed by atoms with E-state index < -0.39 is 11.9 Å². The quantitative estimate of drug-likeness (QED) is 0.413. The molecule has 0 saturated carbocycles. The average Bonchev–Trinajstić information content (AvgIpc) is 3.33. The van der Waals surface area contributed by atoms with E-state index in [1.54, 1.807) is 36.4 Å². The van der Waals surface area contributed by atoms with Crippen molar-refractivity contribution in [1.82, 2.24) is 4.98 Å². The standard InChI is InChI=1S/C25H22N2O6S/c1-12-13(2)34-25(26-12)27-21(15-10-18(31-4)19(32-5)11-17(15)30-3)20-22(28)14-8-6-7-9-16(14)33-23(20)24(27)29/h6-11,21H,1-5H3. The maximum atomic E-state index is 13.7. The Bertz CT molecular complexity index is 1490. The summed E-state index contributed by atoms with van der Waals surface area (Å²) in [5, 5.41) is 0.864. The summed E-state index contributed by atoms with van der Waals surface area (Å²) in [4.78, 5) is 34.6. The highest BCUT2D eigenvalue weighted by molar-refractivity contribution is 7.15. The molecule has 1 aliphatic heterocycles. The lowest BCUT2D eigenvalue weighted by Gasteiger charge is -2.25. The van der Waals surface area contributed by atoms with Crippen molar-refractivity contribution in [1.29, 1.82) is 0 Å². The number of para-hydroxylation sites is 1. The van der Waals surface area contributed by atoms with Crippen LogP contribution in [-0.2, 0) is 0 Å². The van der Waals surface area contributed by atoms with E-state index in [1.165, 1.54) is 37.6 Å². The Morgan fingerprint density at radius 1 is 0.971 bits per heavy atom. The number of anilines is 1. The van der Waals surface area contributed by atoms with Crippen molar-refractivity contribution < 1.29 is 23.4 Å². The zero-order chi connectivity index (χ0) is 24.1. The maximum Gasteiger partial charge on any atom is 0.297 e. The number of thiazole rings is 1. The largest absolute Gasteiger partial charge is 0.496 e. The van der Waals surface area contributed by atoms with Gasteiger partial charge < -0.3 is 18.6 Å². The van der Waals surface area contributed by atoms with Gasteiger partial charge in [-0.25, -0.2) is 4.98 Å². The van der Waals surface area contributed by atoms with E-state index in [9.17, 15) is 9.59 Å². The molecule has 0 aliphatic carbocycles. The Kier molecular flexibility index (Phi) is 5.28. The summed E-state index contributed by atoms with van der Waals surface area (Å²) >= 11 is 1.38. The fourth-order valence-corrected chi connectivity index (χ4v) is 5.17. The monoisotopic (exact) mass is 478 g/mol. The zero-order valence-electron chi connectivity index (χ0n) is 19.3. The van der Waals surface area contributed by atoms with Crippen LogP contribution < -0.4 is 24.5 Å². The van der Waals surface area contributed by atoms with Crippen LogP contribution in [0.4, 0.5) is 5.13 Å². The van der Waals surface area contributed by atoms with Gasteiger partial charge in [-0.3, -0.25) is 14.5 Å². The molecule has 1 unspecified atom stereocenters. The van der Waals surface area contributed by atoms with Gasteiger partial charge in [0, 0.05) is 16.5 Å². The first-order valence-corrected chi connectivity index (χ1v) is 11.3. The van der Waals surface area contributed by atoms with E-state index in [-0.39, 0.29) is 16.8 Å². The van der Waals surface area contributed by atoms with Gasteiger partial charge in [-0.2, -0.15) is 0 Å². The van der Waals surface area contributed by atoms with Gasteiger partial charge >= 0.3 is 0 Å². The second-order valence-electron chi connectivity index (χ2n) is 7.84. The Morgan fingerprint density at radius 2 is 1.65 bits per heavy atom. The molecule has 2 aromatic carbocycles. The molecule has 0 spiro atoms. The molecule has 0 bridgehead atoms. The van der Waals surface area contributed by atoms with Crippen molar-refractivity contribution in [3.05, 3.63) is 74.1 Å². The van der Waals surface area contributed by atoms with Gasteiger partial charge in [0.2, 0.25) is 5.76 Å². The Morgan fingerprint density at radius 3 is 2.29 bits per heavy atom. The van der Waals surface area contributed by atoms with Crippen molar-refractivity contribution in [3.8, 4) is 17.2 Å². The average molecular weight is 479 g/mol. The maximum absolute atomic E-state index is 13.7. The number of nitrogens with zero attached hydrogens (tertiary/aromatic N) is 2. The number of amides is 1. The number of aromatic nitrogens is 1. The number of aryl methyl sites for hydroxylation is 2. The molecular weight excluding hydrogens is 456 g/mol. The molecule has 4 aromatic rings. The van der Waals surface area contributed by atoms with E-state index in [4.69, 9.17) is 18.6 Å². The second kappa shape index (κ2) is 8.18. The van der Waals surface area contributed by atoms with Crippen molar-refractivity contribution >= 4 is 33.3 Å². The normalized spacial score (nSPS) is 15.0. The molecule has 0 N–H and O–H groups in total. The number of benzene rings is 2. The Balaban J connectivity index is 1.86. The second-order valence-corrected chi connectivity index (χ2v) is 9.02. The molecule has 2 aromatic heterocycles. The van der Waals surface area contributed by atoms with E-state index >= 15 is 0 Å². The molecule has 1 amide bonds. The fraction of sp³-hybridized carbons (Fsp3) is 0.240. The number of ether oxygens (including phenoxy) is 3. The molecule has 3 heterocycles. The predicted octanol–water partition coefficient (Wildman–Crippen LogP) is 4.64. The minimum atomic E-state index is -0.830. The summed E-state index contributed by atoms with van der Waals surface area (Å²) in [6.07, 6.45) is 0. The summed E-state index contributed by atoms with van der Waals surface area (Å²) in [5.74, 6) is 0.900. The van der Waals surface area contributed by atoms with E-state index in [2.05, 4.69) is 4.98 Å². The SMILES string of the molecule is COc1cc(OC)c(C2c3c(oc4ccccc4c3=O)C(=O)N2c2nc(C)c(C)s2)cc1OC. The van der Waals surface area contributed by atoms with Gasteiger partial charge in [0.25, 0.3) is 5.91 Å². The van der Waals surface area contributed by atoms with Gasteiger partial charge in [0.05, 0.1) is 38.0 Å². The summed E-state index contributed by atoms with van der Waals surface area (Å²) in [5.41, 5.74) is 1.68. The molecule has 9 heteroatoms. The van der Waals surface area contributed by atoms with Crippen LogP contribution in [-0.4, -0.2) is 32.2 Å². The highest BCUT2D eigenvalue weighted by Crippen LogP contribution is 2.47. The van der Waals surface area contributed by atoms with Crippen LogP contribution in [0.25, 0.3) is 11.0 Å². The summed E-state index contributed by atoms with van der Waals surface area (Å²) in [6.45, 7) is 3.82. The summed E-state index contributed by atoms with van der Waals surface area (Å²) in [7, 11) is 4.57. The van der Waals surface area contributed by atoms with Crippen LogP contribution in [0.1, 0.15) is 38.3 Å². The van der Waals surface area contributed by atoms with Gasteiger partial charge in [-0.05, 0) is 32.0 Å². The number of carbonyl (C=O) groups excluding carboxylic acids is 1. The Hall–Kier alpha value is -3.85. The smallest absolute Gasteiger partial charge is 0.297 e. The lowest BCUT2D eigenvalue weighted by atomic mass is 9.97. The number of fused-ring (bicyclic) bond motifs is 2. The molecule has 0 fully saturated rings. The summed E-state index contributed by atoms with van der Waals surface area (Å²) < 4.78 is 22.6. The first kappa shape index (κ1) is 22.0. The van der Waals surface area contributed by atoms with Crippen LogP contribution in [0.3, 0.4) is 0 Å². The molecule has 0 saturated heterocycles. The van der Waals surface area contributed by atoms with Gasteiger partial charge in [-0.15, -0.1) is 11.3 Å². The van der Waals surface area contributed by atoms with Crippen LogP contribution in [0.15, 0.2) is 45.6 Å². The highest BCUT2D eigenvalue weighted by Gasteiger charge is 2.46. The van der Waals surface area contributed by atoms with Crippen molar-refractivity contribution in [3.63, 3.8) is 0 Å². The third kappa shape index (κ3) is 3.15. The first-order chi connectivity index (χ1) is 16.4. The van der Waals surface area contributed by atoms with Crippen LogP contribution in [0, 0.1) is 13.8 Å². The van der Waals surface area contributed by atoms with Crippen molar-refractivity contribution in [2.24, 2.45) is 0 Å². The third-order valence-electron chi connectivity index (χ3n) is 6.03. The number of hydrogen-bond donors (Lipinski definition) is 0. The Labute approximate surface area is 199 Å². The minimum Gasteiger partial charge on any atom is -0.496 e. The third-order valence-corrected chi connectivity index (χ3v) is 7.10. The van der Waals surface area contributed by atoms with Gasteiger partial charge in [0.1, 0.15) is 17.4 Å². The topological polar surface area (TPSA) is 91.1 Å². The fourth-order valence-electron chi connectivity index (χ4n) is 4.24. The van der Waals surface area contributed by atoms with Gasteiger partial charge in [-0.1, -0.05) is 12.1 Å². The lowest BCUT2D eigenvalue weighted by molar-refractivity contribution is 0.0970. The van der Waals surface area contributed by atoms with Crippen LogP contribution in [0.2, 0.25) is 0 Å². The van der Waals surface area contributed by atoms with Gasteiger partial charge in [0.15, 0.2) is 22.1 Å². The summed E-state index contributed by atoms with van der Waals surface area (Å²) in [6, 6.07) is 9.46. The molecule has 34 heavy (non-hydrogen) atoms. The van der Waals surface area contributed by atoms with E-state index in [1.807, 2.05) is 13.8 Å².